The van der Waals surface area contributed by atoms with Gasteiger partial charge in [0.25, 0.3) is 0 Å². The highest BCUT2D eigenvalue weighted by atomic mass is 79.9. The predicted octanol–water partition coefficient (Wildman–Crippen LogP) is 2.64. The molecule has 0 spiro atoms. The Bertz CT molecular complexity index is 319. The monoisotopic (exact) mass is 255 g/mol. The summed E-state index contributed by atoms with van der Waals surface area (Å²) in [7, 11) is 3.55. The lowest BCUT2D eigenvalue weighted by Gasteiger charge is -2.16. The van der Waals surface area contributed by atoms with Gasteiger partial charge in [-0.15, -0.1) is 0 Å². The minimum atomic E-state index is -0.0712. The summed E-state index contributed by atoms with van der Waals surface area (Å²) in [6.07, 6.45) is 0. The molecule has 2 nitrogen and oxygen atoms in total. The number of nitrogens with zero attached hydrogens (tertiary/aromatic N) is 1. The van der Waals surface area contributed by atoms with E-state index in [1.54, 1.807) is 19.0 Å². The van der Waals surface area contributed by atoms with Crippen LogP contribution >= 0.6 is 15.9 Å². The Morgan fingerprint density at radius 3 is 2.21 bits per heavy atom. The molecule has 1 unspecified atom stereocenters. The maximum absolute atomic E-state index is 11.6. The number of carbonyl (C=O) groups excluding carboxylic acids is 1. The van der Waals surface area contributed by atoms with Crippen LogP contribution < -0.4 is 0 Å². The smallest absolute Gasteiger partial charge is 0.229 e. The van der Waals surface area contributed by atoms with Crippen molar-refractivity contribution < 1.29 is 4.79 Å². The van der Waals surface area contributed by atoms with Crippen LogP contribution in [-0.2, 0) is 4.79 Å². The van der Waals surface area contributed by atoms with Gasteiger partial charge < -0.3 is 4.90 Å². The number of rotatable bonds is 2. The van der Waals surface area contributed by atoms with Crippen molar-refractivity contribution >= 4 is 21.8 Å². The predicted molar refractivity (Wildman–Crippen MR) is 61.3 cm³/mol. The van der Waals surface area contributed by atoms with Crippen molar-refractivity contribution in [1.29, 1.82) is 0 Å². The molecule has 0 saturated carbocycles. The molecule has 0 fully saturated rings. The molecule has 0 aliphatic carbocycles. The van der Waals surface area contributed by atoms with Gasteiger partial charge in [-0.2, -0.15) is 0 Å². The summed E-state index contributed by atoms with van der Waals surface area (Å²) < 4.78 is 1.03. The van der Waals surface area contributed by atoms with E-state index in [0.29, 0.717) is 0 Å². The van der Waals surface area contributed by atoms with E-state index in [-0.39, 0.29) is 11.8 Å². The van der Waals surface area contributed by atoms with Crippen LogP contribution in [0.15, 0.2) is 28.7 Å². The summed E-state index contributed by atoms with van der Waals surface area (Å²) in [5.74, 6) is 0.0606. The molecule has 14 heavy (non-hydrogen) atoms. The van der Waals surface area contributed by atoms with Gasteiger partial charge in [0, 0.05) is 18.6 Å². The van der Waals surface area contributed by atoms with Crippen molar-refractivity contribution in [2.45, 2.75) is 12.8 Å². The van der Waals surface area contributed by atoms with Crippen molar-refractivity contribution in [3.63, 3.8) is 0 Å². The maximum atomic E-state index is 11.6. The van der Waals surface area contributed by atoms with E-state index in [1.165, 1.54) is 0 Å². The first-order valence-corrected chi connectivity index (χ1v) is 5.28. The van der Waals surface area contributed by atoms with Crippen molar-refractivity contribution in [2.75, 3.05) is 14.1 Å². The second-order valence-electron chi connectivity index (χ2n) is 3.51. The van der Waals surface area contributed by atoms with E-state index in [4.69, 9.17) is 0 Å². The molecule has 1 atom stereocenters. The van der Waals surface area contributed by atoms with Gasteiger partial charge in [0.15, 0.2) is 0 Å². The third-order valence-electron chi connectivity index (χ3n) is 2.18. The third-order valence-corrected chi connectivity index (χ3v) is 2.71. The quantitative estimate of drug-likeness (QED) is 0.796. The molecule has 3 heteroatoms. The van der Waals surface area contributed by atoms with Crippen molar-refractivity contribution in [2.24, 2.45) is 0 Å². The standard InChI is InChI=1S/C11H14BrNO/c1-8(11(14)13(2)3)9-4-6-10(12)7-5-9/h4-8H,1-3H3. The molecule has 1 aromatic carbocycles. The minimum absolute atomic E-state index is 0.0712. The van der Waals surface area contributed by atoms with Crippen LogP contribution in [0.4, 0.5) is 0 Å². The van der Waals surface area contributed by atoms with Crippen LogP contribution in [0.5, 0.6) is 0 Å². The summed E-state index contributed by atoms with van der Waals surface area (Å²) in [5.41, 5.74) is 1.05. The van der Waals surface area contributed by atoms with Crippen molar-refractivity contribution in [1.82, 2.24) is 4.90 Å². The molecule has 1 aromatic rings. The molecule has 0 saturated heterocycles. The first-order valence-electron chi connectivity index (χ1n) is 4.49. The Balaban J connectivity index is 2.84. The fraction of sp³-hybridized carbons (Fsp3) is 0.364. The van der Waals surface area contributed by atoms with Crippen LogP contribution in [0.1, 0.15) is 18.4 Å². The average Bonchev–Trinajstić information content (AvgIpc) is 2.16. The Morgan fingerprint density at radius 1 is 1.29 bits per heavy atom. The van der Waals surface area contributed by atoms with E-state index in [0.717, 1.165) is 10.0 Å². The number of hydrogen-bond acceptors (Lipinski definition) is 1. The highest BCUT2D eigenvalue weighted by Gasteiger charge is 2.16. The number of carbonyl (C=O) groups is 1. The summed E-state index contributed by atoms with van der Waals surface area (Å²) in [5, 5.41) is 0. The molecule has 0 aromatic heterocycles. The number of hydrogen-bond donors (Lipinski definition) is 0. The molecule has 76 valence electrons. The SMILES string of the molecule is CC(C(=O)N(C)C)c1ccc(Br)cc1. The van der Waals surface area contributed by atoms with Gasteiger partial charge >= 0.3 is 0 Å². The maximum Gasteiger partial charge on any atom is 0.229 e. The fourth-order valence-corrected chi connectivity index (χ4v) is 1.55. The number of benzene rings is 1. The second kappa shape index (κ2) is 4.60. The molecular formula is C11H14BrNO. The highest BCUT2D eigenvalue weighted by Crippen LogP contribution is 2.19. The second-order valence-corrected chi connectivity index (χ2v) is 4.42. The van der Waals surface area contributed by atoms with E-state index >= 15 is 0 Å². The van der Waals surface area contributed by atoms with Gasteiger partial charge in [0.1, 0.15) is 0 Å². The third kappa shape index (κ3) is 2.58. The number of likely N-dealkylation sites (N-methyl/N-ethyl adjacent to an activating group) is 1. The first-order chi connectivity index (χ1) is 6.52. The van der Waals surface area contributed by atoms with Crippen LogP contribution in [-0.4, -0.2) is 24.9 Å². The highest BCUT2D eigenvalue weighted by molar-refractivity contribution is 9.10. The molecule has 0 aliphatic heterocycles. The van der Waals surface area contributed by atoms with Crippen LogP contribution in [0.2, 0.25) is 0 Å². The zero-order chi connectivity index (χ0) is 10.7. The van der Waals surface area contributed by atoms with Gasteiger partial charge in [-0.1, -0.05) is 28.1 Å². The van der Waals surface area contributed by atoms with Gasteiger partial charge in [0.2, 0.25) is 5.91 Å². The average molecular weight is 256 g/mol. The molecule has 0 radical (unpaired) electrons. The Labute approximate surface area is 93.0 Å². The van der Waals surface area contributed by atoms with Gasteiger partial charge in [-0.3, -0.25) is 4.79 Å². The number of amides is 1. The van der Waals surface area contributed by atoms with Gasteiger partial charge in [0.05, 0.1) is 5.92 Å². The first kappa shape index (κ1) is 11.2. The van der Waals surface area contributed by atoms with E-state index in [9.17, 15) is 4.79 Å². The lowest BCUT2D eigenvalue weighted by molar-refractivity contribution is -0.129. The fourth-order valence-electron chi connectivity index (χ4n) is 1.28. The summed E-state index contributed by atoms with van der Waals surface area (Å²) in [6, 6.07) is 7.84. The molecule has 0 heterocycles. The van der Waals surface area contributed by atoms with Gasteiger partial charge in [-0.05, 0) is 24.6 Å². The van der Waals surface area contributed by atoms with Crippen LogP contribution in [0.25, 0.3) is 0 Å². The zero-order valence-corrected chi connectivity index (χ0v) is 10.2. The largest absolute Gasteiger partial charge is 0.348 e. The number of halogens is 1. The molecular weight excluding hydrogens is 242 g/mol. The normalized spacial score (nSPS) is 12.3. The topological polar surface area (TPSA) is 20.3 Å². The lowest BCUT2D eigenvalue weighted by Crippen LogP contribution is -2.26. The molecule has 1 rings (SSSR count). The zero-order valence-electron chi connectivity index (χ0n) is 8.62. The van der Waals surface area contributed by atoms with Gasteiger partial charge in [-0.25, -0.2) is 0 Å². The molecule has 0 aliphatic rings. The molecule has 1 amide bonds. The minimum Gasteiger partial charge on any atom is -0.348 e. The summed E-state index contributed by atoms with van der Waals surface area (Å²) in [4.78, 5) is 13.3. The summed E-state index contributed by atoms with van der Waals surface area (Å²) in [6.45, 7) is 1.92. The van der Waals surface area contributed by atoms with Crippen LogP contribution in [0.3, 0.4) is 0 Å². The summed E-state index contributed by atoms with van der Waals surface area (Å²) >= 11 is 3.37. The Kier molecular flexibility index (Phi) is 3.69. The van der Waals surface area contributed by atoms with E-state index in [1.807, 2.05) is 31.2 Å². The molecule has 0 bridgehead atoms. The van der Waals surface area contributed by atoms with Crippen LogP contribution in [0, 0.1) is 0 Å². The lowest BCUT2D eigenvalue weighted by atomic mass is 10.0. The van der Waals surface area contributed by atoms with E-state index in [2.05, 4.69) is 15.9 Å². The van der Waals surface area contributed by atoms with Crippen molar-refractivity contribution in [3.05, 3.63) is 34.3 Å². The van der Waals surface area contributed by atoms with Crippen molar-refractivity contribution in [3.8, 4) is 0 Å². The Hall–Kier alpha value is -0.830. The molecule has 0 N–H and O–H groups in total. The van der Waals surface area contributed by atoms with E-state index < -0.39 is 0 Å². The Morgan fingerprint density at radius 2 is 1.79 bits per heavy atom.